The molecule has 2 amide bonds. The summed E-state index contributed by atoms with van der Waals surface area (Å²) in [6, 6.07) is 14.9. The van der Waals surface area contributed by atoms with Crippen LogP contribution in [0, 0.1) is 5.82 Å². The molecule has 43 heavy (non-hydrogen) atoms. The lowest BCUT2D eigenvalue weighted by Gasteiger charge is -2.28. The van der Waals surface area contributed by atoms with Crippen LogP contribution in [0.1, 0.15) is 54.2 Å². The summed E-state index contributed by atoms with van der Waals surface area (Å²) in [5.74, 6) is -2.71. The summed E-state index contributed by atoms with van der Waals surface area (Å²) in [6.45, 7) is 4.91. The Morgan fingerprint density at radius 1 is 1.00 bits per heavy atom. The predicted octanol–water partition coefficient (Wildman–Crippen LogP) is 4.61. The Labute approximate surface area is 250 Å². The molecule has 0 spiro atoms. The monoisotopic (exact) mass is 593 g/mol. The molecule has 228 valence electrons. The van der Waals surface area contributed by atoms with Crippen molar-refractivity contribution < 1.29 is 37.8 Å². The van der Waals surface area contributed by atoms with Gasteiger partial charge in [0.05, 0.1) is 19.1 Å². The molecule has 2 aromatic carbocycles. The number of halogens is 1. The minimum atomic E-state index is -1.37. The first kappa shape index (κ1) is 32.7. The van der Waals surface area contributed by atoms with Crippen LogP contribution in [0.2, 0.25) is 0 Å². The molecular weight excluding hydrogens is 557 g/mol. The minimum absolute atomic E-state index is 0.0476. The smallest absolute Gasteiger partial charge is 0.408 e. The van der Waals surface area contributed by atoms with Crippen molar-refractivity contribution in [2.45, 2.75) is 58.4 Å². The molecule has 1 unspecified atom stereocenters. The van der Waals surface area contributed by atoms with E-state index in [1.165, 1.54) is 17.0 Å². The average Bonchev–Trinajstić information content (AvgIpc) is 2.98. The molecule has 0 saturated heterocycles. The molecule has 3 rings (SSSR count). The molecule has 0 aliphatic carbocycles. The highest BCUT2D eigenvalue weighted by molar-refractivity contribution is 5.91. The predicted molar refractivity (Wildman–Crippen MR) is 155 cm³/mol. The van der Waals surface area contributed by atoms with Gasteiger partial charge in [0.1, 0.15) is 24.1 Å². The maximum Gasteiger partial charge on any atom is 0.408 e. The van der Waals surface area contributed by atoms with Crippen molar-refractivity contribution >= 4 is 23.9 Å². The van der Waals surface area contributed by atoms with Gasteiger partial charge in [0.25, 0.3) is 0 Å². The summed E-state index contributed by atoms with van der Waals surface area (Å²) in [7, 11) is 1.16. The summed E-state index contributed by atoms with van der Waals surface area (Å²) in [5, 5.41) is 2.45. The van der Waals surface area contributed by atoms with E-state index in [1.54, 1.807) is 63.5 Å². The Morgan fingerprint density at radius 3 is 2.37 bits per heavy atom. The van der Waals surface area contributed by atoms with E-state index in [-0.39, 0.29) is 30.8 Å². The second-order valence-electron chi connectivity index (χ2n) is 10.7. The standard InChI is InChI=1S/C32H36FN3O7/c1-32(2,3)43-30(39)24-12-13-26(33)25(17-24)20-36(16-14-22-11-8-15-34-19-22)29(38)27(18-28(37)41-4)35-31(40)42-21-23-9-6-5-7-10-23/h5-13,15,17,19,27H,14,16,18,20-21H2,1-4H3,(H,35,40). The zero-order valence-corrected chi connectivity index (χ0v) is 24.7. The maximum absolute atomic E-state index is 15.0. The van der Waals surface area contributed by atoms with Crippen LogP contribution in [0.4, 0.5) is 9.18 Å². The van der Waals surface area contributed by atoms with Gasteiger partial charge in [-0.25, -0.2) is 14.0 Å². The highest BCUT2D eigenvalue weighted by Crippen LogP contribution is 2.19. The van der Waals surface area contributed by atoms with E-state index in [2.05, 4.69) is 10.3 Å². The number of amides is 2. The summed E-state index contributed by atoms with van der Waals surface area (Å²) in [6.07, 6.45) is 2.19. The second-order valence-corrected chi connectivity index (χ2v) is 10.7. The van der Waals surface area contributed by atoms with Crippen molar-refractivity contribution in [3.8, 4) is 0 Å². The number of carbonyl (C=O) groups is 4. The highest BCUT2D eigenvalue weighted by Gasteiger charge is 2.30. The third-order valence-electron chi connectivity index (χ3n) is 6.15. The topological polar surface area (TPSA) is 124 Å². The van der Waals surface area contributed by atoms with E-state index in [4.69, 9.17) is 14.2 Å². The number of pyridine rings is 1. The SMILES string of the molecule is COC(=O)CC(NC(=O)OCc1ccccc1)C(=O)N(CCc1cccnc1)Cc1cc(C(=O)OC(C)(C)C)ccc1F. The van der Waals surface area contributed by atoms with Crippen molar-refractivity contribution in [1.82, 2.24) is 15.2 Å². The van der Waals surface area contributed by atoms with Gasteiger partial charge in [-0.05, 0) is 62.6 Å². The van der Waals surface area contributed by atoms with E-state index >= 15 is 4.39 Å². The van der Waals surface area contributed by atoms with Gasteiger partial charge in [-0.15, -0.1) is 0 Å². The first-order valence-electron chi connectivity index (χ1n) is 13.7. The van der Waals surface area contributed by atoms with Crippen LogP contribution < -0.4 is 5.32 Å². The fourth-order valence-corrected chi connectivity index (χ4v) is 4.02. The van der Waals surface area contributed by atoms with Gasteiger partial charge in [0.2, 0.25) is 5.91 Å². The van der Waals surface area contributed by atoms with Crippen LogP contribution in [-0.2, 0) is 43.4 Å². The molecule has 1 heterocycles. The molecule has 1 aromatic heterocycles. The average molecular weight is 594 g/mol. The lowest BCUT2D eigenvalue weighted by molar-refractivity contribution is -0.145. The molecule has 0 fully saturated rings. The molecule has 0 bridgehead atoms. The minimum Gasteiger partial charge on any atom is -0.469 e. The van der Waals surface area contributed by atoms with Gasteiger partial charge < -0.3 is 24.4 Å². The zero-order valence-electron chi connectivity index (χ0n) is 24.7. The number of hydrogen-bond acceptors (Lipinski definition) is 8. The van der Waals surface area contributed by atoms with Gasteiger partial charge in [-0.1, -0.05) is 36.4 Å². The summed E-state index contributed by atoms with van der Waals surface area (Å²) in [4.78, 5) is 56.8. The summed E-state index contributed by atoms with van der Waals surface area (Å²) >= 11 is 0. The molecule has 0 saturated carbocycles. The molecule has 10 nitrogen and oxygen atoms in total. The van der Waals surface area contributed by atoms with Gasteiger partial charge in [-0.2, -0.15) is 0 Å². The van der Waals surface area contributed by atoms with Crippen LogP contribution in [0.5, 0.6) is 0 Å². The molecule has 1 atom stereocenters. The van der Waals surface area contributed by atoms with Gasteiger partial charge in [0, 0.05) is 31.0 Å². The lowest BCUT2D eigenvalue weighted by Crippen LogP contribution is -2.50. The quantitative estimate of drug-likeness (QED) is 0.239. The largest absolute Gasteiger partial charge is 0.469 e. The van der Waals surface area contributed by atoms with E-state index in [0.717, 1.165) is 24.3 Å². The first-order valence-corrected chi connectivity index (χ1v) is 13.7. The normalized spacial score (nSPS) is 11.7. The van der Waals surface area contributed by atoms with Crippen LogP contribution in [0.3, 0.4) is 0 Å². The molecule has 3 aromatic rings. The Bertz CT molecular complexity index is 1400. The third-order valence-corrected chi connectivity index (χ3v) is 6.15. The number of benzene rings is 2. The number of aromatic nitrogens is 1. The first-order chi connectivity index (χ1) is 20.4. The number of ether oxygens (including phenoxy) is 3. The lowest BCUT2D eigenvalue weighted by atomic mass is 10.1. The molecule has 0 aliphatic heterocycles. The fourth-order valence-electron chi connectivity index (χ4n) is 4.02. The Hall–Kier alpha value is -4.80. The van der Waals surface area contributed by atoms with Crippen molar-refractivity contribution in [1.29, 1.82) is 0 Å². The number of alkyl carbamates (subject to hydrolysis) is 1. The molecule has 0 radical (unpaired) electrons. The van der Waals surface area contributed by atoms with E-state index in [1.807, 2.05) is 12.1 Å². The van der Waals surface area contributed by atoms with Crippen LogP contribution in [0.25, 0.3) is 0 Å². The Morgan fingerprint density at radius 2 is 1.72 bits per heavy atom. The number of nitrogens with one attached hydrogen (secondary N) is 1. The second kappa shape index (κ2) is 15.4. The van der Waals surface area contributed by atoms with Gasteiger partial charge in [-0.3, -0.25) is 14.6 Å². The number of carbonyl (C=O) groups excluding carboxylic acids is 4. The van der Waals surface area contributed by atoms with E-state index < -0.39 is 47.8 Å². The third kappa shape index (κ3) is 10.8. The summed E-state index contributed by atoms with van der Waals surface area (Å²) in [5.41, 5.74) is 0.931. The van der Waals surface area contributed by atoms with E-state index in [0.29, 0.717) is 6.42 Å². The van der Waals surface area contributed by atoms with Gasteiger partial charge >= 0.3 is 18.0 Å². The summed E-state index contributed by atoms with van der Waals surface area (Å²) < 4.78 is 30.4. The molecule has 11 heteroatoms. The van der Waals surface area contributed by atoms with Crippen LogP contribution >= 0.6 is 0 Å². The Kier molecular flexibility index (Phi) is 11.7. The van der Waals surface area contributed by atoms with Crippen LogP contribution in [-0.4, -0.2) is 59.1 Å². The molecule has 0 aliphatic rings. The van der Waals surface area contributed by atoms with Crippen molar-refractivity contribution in [3.05, 3.63) is 101 Å². The molecule has 1 N–H and O–H groups in total. The Balaban J connectivity index is 1.86. The molecular formula is C32H36FN3O7. The number of nitrogens with zero attached hydrogens (tertiary/aromatic N) is 2. The van der Waals surface area contributed by atoms with Crippen LogP contribution in [0.15, 0.2) is 73.1 Å². The highest BCUT2D eigenvalue weighted by atomic mass is 19.1. The number of methoxy groups -OCH3 is 1. The van der Waals surface area contributed by atoms with E-state index in [9.17, 15) is 19.2 Å². The number of esters is 2. The van der Waals surface area contributed by atoms with Crippen molar-refractivity contribution in [3.63, 3.8) is 0 Å². The number of hydrogen-bond donors (Lipinski definition) is 1. The van der Waals surface area contributed by atoms with Gasteiger partial charge in [0.15, 0.2) is 0 Å². The van der Waals surface area contributed by atoms with Crippen molar-refractivity contribution in [2.75, 3.05) is 13.7 Å². The number of rotatable bonds is 12. The van der Waals surface area contributed by atoms with Crippen molar-refractivity contribution in [2.24, 2.45) is 0 Å². The maximum atomic E-state index is 15.0. The fraction of sp³-hybridized carbons (Fsp3) is 0.344. The zero-order chi connectivity index (χ0) is 31.4.